The highest BCUT2D eigenvalue weighted by molar-refractivity contribution is 5.94. The first-order chi connectivity index (χ1) is 8.56. The molecule has 1 atom stereocenters. The van der Waals surface area contributed by atoms with Gasteiger partial charge in [0.1, 0.15) is 11.6 Å². The van der Waals surface area contributed by atoms with E-state index >= 15 is 0 Å². The average molecular weight is 247 g/mol. The molecule has 0 spiro atoms. The molecule has 0 aromatic carbocycles. The van der Waals surface area contributed by atoms with Crippen molar-refractivity contribution in [2.75, 3.05) is 0 Å². The zero-order valence-corrected chi connectivity index (χ0v) is 10.0. The number of aromatic nitrogens is 4. The quantitative estimate of drug-likeness (QED) is 0.740. The Morgan fingerprint density at radius 1 is 1.50 bits per heavy atom. The van der Waals surface area contributed by atoms with E-state index in [1.807, 2.05) is 0 Å². The van der Waals surface area contributed by atoms with Crippen molar-refractivity contribution in [2.24, 2.45) is 0 Å². The molecule has 18 heavy (non-hydrogen) atoms. The van der Waals surface area contributed by atoms with Gasteiger partial charge in [0.15, 0.2) is 5.82 Å². The molecule has 0 aliphatic rings. The van der Waals surface area contributed by atoms with Crippen LogP contribution in [0, 0.1) is 6.92 Å². The second-order valence-corrected chi connectivity index (χ2v) is 3.91. The van der Waals surface area contributed by atoms with Crippen LogP contribution in [0.5, 0.6) is 5.75 Å². The molecular formula is C11H13N5O2. The van der Waals surface area contributed by atoms with Gasteiger partial charge in [-0.2, -0.15) is 5.10 Å². The number of rotatable bonds is 3. The summed E-state index contributed by atoms with van der Waals surface area (Å²) < 4.78 is 0. The largest absolute Gasteiger partial charge is 0.506 e. The molecule has 2 aromatic heterocycles. The maximum atomic E-state index is 11.9. The molecule has 2 rings (SSSR count). The van der Waals surface area contributed by atoms with Gasteiger partial charge in [-0.25, -0.2) is 4.98 Å². The highest BCUT2D eigenvalue weighted by Gasteiger charge is 2.15. The predicted octanol–water partition coefficient (Wildman–Crippen LogP) is 0.705. The Balaban J connectivity index is 2.08. The Hall–Kier alpha value is -2.44. The van der Waals surface area contributed by atoms with E-state index in [-0.39, 0.29) is 23.3 Å². The molecule has 94 valence electrons. The number of H-pyrrole nitrogens is 1. The third-order valence-corrected chi connectivity index (χ3v) is 2.34. The fraction of sp³-hybridized carbons (Fsp3) is 0.273. The zero-order valence-electron chi connectivity index (χ0n) is 10.0. The van der Waals surface area contributed by atoms with Gasteiger partial charge in [0, 0.05) is 6.20 Å². The van der Waals surface area contributed by atoms with Crippen LogP contribution < -0.4 is 5.32 Å². The Labute approximate surface area is 103 Å². The Bertz CT molecular complexity index is 566. The summed E-state index contributed by atoms with van der Waals surface area (Å²) in [6, 6.07) is 1.02. The summed E-state index contributed by atoms with van der Waals surface area (Å²) in [6.45, 7) is 3.56. The van der Waals surface area contributed by atoms with Crippen LogP contribution in [0.1, 0.15) is 35.0 Å². The van der Waals surface area contributed by atoms with E-state index in [2.05, 4.69) is 25.5 Å². The molecule has 0 saturated heterocycles. The zero-order chi connectivity index (χ0) is 13.1. The molecule has 7 heteroatoms. The number of aromatic amines is 1. The Morgan fingerprint density at radius 2 is 2.28 bits per heavy atom. The number of aryl methyl sites for hydroxylation is 1. The Kier molecular flexibility index (Phi) is 3.22. The summed E-state index contributed by atoms with van der Waals surface area (Å²) >= 11 is 0. The number of nitrogens with zero attached hydrogens (tertiary/aromatic N) is 3. The highest BCUT2D eigenvalue weighted by Crippen LogP contribution is 2.11. The summed E-state index contributed by atoms with van der Waals surface area (Å²) in [6.07, 6.45) is 2.64. The molecule has 0 radical (unpaired) electrons. The van der Waals surface area contributed by atoms with Crippen molar-refractivity contribution < 1.29 is 9.90 Å². The van der Waals surface area contributed by atoms with E-state index in [4.69, 9.17) is 0 Å². The molecule has 0 aliphatic heterocycles. The molecule has 0 aliphatic carbocycles. The summed E-state index contributed by atoms with van der Waals surface area (Å²) in [5.41, 5.74) is 0.286. The van der Waals surface area contributed by atoms with Gasteiger partial charge in [0.05, 0.1) is 17.8 Å². The van der Waals surface area contributed by atoms with Crippen LogP contribution in [0.2, 0.25) is 0 Å². The number of nitrogens with one attached hydrogen (secondary N) is 2. The predicted molar refractivity (Wildman–Crippen MR) is 62.9 cm³/mol. The third-order valence-electron chi connectivity index (χ3n) is 2.34. The van der Waals surface area contributed by atoms with E-state index in [0.29, 0.717) is 11.6 Å². The van der Waals surface area contributed by atoms with Crippen LogP contribution in [0.3, 0.4) is 0 Å². The SMILES string of the molecule is Cc1nc(C(C)NC(=O)c2cncc(O)c2)n[nH]1. The first kappa shape index (κ1) is 12.0. The lowest BCUT2D eigenvalue weighted by molar-refractivity contribution is 0.0937. The van der Waals surface area contributed by atoms with Gasteiger partial charge < -0.3 is 10.4 Å². The lowest BCUT2D eigenvalue weighted by atomic mass is 10.2. The molecule has 0 fully saturated rings. The van der Waals surface area contributed by atoms with E-state index < -0.39 is 0 Å². The topological polar surface area (TPSA) is 104 Å². The number of hydrogen-bond acceptors (Lipinski definition) is 5. The van der Waals surface area contributed by atoms with Gasteiger partial charge in [-0.3, -0.25) is 14.9 Å². The van der Waals surface area contributed by atoms with Gasteiger partial charge in [0.25, 0.3) is 5.91 Å². The van der Waals surface area contributed by atoms with Crippen molar-refractivity contribution in [1.29, 1.82) is 0 Å². The molecule has 0 bridgehead atoms. The maximum Gasteiger partial charge on any atom is 0.253 e. The molecule has 3 N–H and O–H groups in total. The van der Waals surface area contributed by atoms with E-state index in [9.17, 15) is 9.90 Å². The summed E-state index contributed by atoms with van der Waals surface area (Å²) in [5, 5.41) is 18.6. The van der Waals surface area contributed by atoms with Gasteiger partial charge in [-0.1, -0.05) is 0 Å². The lowest BCUT2D eigenvalue weighted by Crippen LogP contribution is -2.27. The van der Waals surface area contributed by atoms with E-state index in [1.165, 1.54) is 18.5 Å². The number of carbonyl (C=O) groups is 1. The Morgan fingerprint density at radius 3 is 2.89 bits per heavy atom. The second-order valence-electron chi connectivity index (χ2n) is 3.91. The van der Waals surface area contributed by atoms with Crippen molar-refractivity contribution in [1.82, 2.24) is 25.5 Å². The van der Waals surface area contributed by atoms with Crippen LogP contribution >= 0.6 is 0 Å². The van der Waals surface area contributed by atoms with Crippen molar-refractivity contribution in [2.45, 2.75) is 19.9 Å². The molecule has 7 nitrogen and oxygen atoms in total. The summed E-state index contributed by atoms with van der Waals surface area (Å²) in [5.74, 6) is 0.802. The highest BCUT2D eigenvalue weighted by atomic mass is 16.3. The number of hydrogen-bond donors (Lipinski definition) is 3. The van der Waals surface area contributed by atoms with Crippen LogP contribution in [0.4, 0.5) is 0 Å². The van der Waals surface area contributed by atoms with Gasteiger partial charge >= 0.3 is 0 Å². The molecule has 0 saturated carbocycles. The van der Waals surface area contributed by atoms with Crippen molar-refractivity contribution in [3.8, 4) is 5.75 Å². The van der Waals surface area contributed by atoms with Crippen LogP contribution in [0.15, 0.2) is 18.5 Å². The van der Waals surface area contributed by atoms with Gasteiger partial charge in [-0.15, -0.1) is 0 Å². The van der Waals surface area contributed by atoms with Crippen molar-refractivity contribution in [3.63, 3.8) is 0 Å². The summed E-state index contributed by atoms with van der Waals surface area (Å²) in [4.78, 5) is 19.7. The normalized spacial score (nSPS) is 12.1. The first-order valence-corrected chi connectivity index (χ1v) is 5.40. The average Bonchev–Trinajstić information content (AvgIpc) is 2.76. The van der Waals surface area contributed by atoms with E-state index in [1.54, 1.807) is 13.8 Å². The number of pyridine rings is 1. The second kappa shape index (κ2) is 4.82. The third kappa shape index (κ3) is 2.62. The fourth-order valence-electron chi connectivity index (χ4n) is 1.45. The van der Waals surface area contributed by atoms with Gasteiger partial charge in [-0.05, 0) is 19.9 Å². The number of amides is 1. The van der Waals surface area contributed by atoms with Crippen LogP contribution in [-0.2, 0) is 0 Å². The molecular weight excluding hydrogens is 234 g/mol. The van der Waals surface area contributed by atoms with E-state index in [0.717, 1.165) is 0 Å². The molecule has 2 heterocycles. The number of carbonyl (C=O) groups excluding carboxylic acids is 1. The number of aromatic hydroxyl groups is 1. The molecule has 2 aromatic rings. The maximum absolute atomic E-state index is 11.9. The monoisotopic (exact) mass is 247 g/mol. The molecule has 1 amide bonds. The minimum atomic E-state index is -0.339. The standard InChI is InChI=1S/C11H13N5O2/c1-6(10-14-7(2)15-16-10)13-11(18)8-3-9(17)5-12-4-8/h3-6,17H,1-2H3,(H,13,18)(H,14,15,16). The van der Waals surface area contributed by atoms with Crippen molar-refractivity contribution in [3.05, 3.63) is 35.7 Å². The van der Waals surface area contributed by atoms with Crippen molar-refractivity contribution >= 4 is 5.91 Å². The first-order valence-electron chi connectivity index (χ1n) is 5.40. The fourth-order valence-corrected chi connectivity index (χ4v) is 1.45. The minimum absolute atomic E-state index is 0.0518. The summed E-state index contributed by atoms with van der Waals surface area (Å²) in [7, 11) is 0. The van der Waals surface area contributed by atoms with Crippen LogP contribution in [-0.4, -0.2) is 31.2 Å². The smallest absolute Gasteiger partial charge is 0.253 e. The molecule has 1 unspecified atom stereocenters. The van der Waals surface area contributed by atoms with Crippen LogP contribution in [0.25, 0.3) is 0 Å². The minimum Gasteiger partial charge on any atom is -0.506 e. The lowest BCUT2D eigenvalue weighted by Gasteiger charge is -2.10. The van der Waals surface area contributed by atoms with Gasteiger partial charge in [0.2, 0.25) is 0 Å².